The number of aromatic nitrogens is 1. The minimum absolute atomic E-state index is 0.0515. The van der Waals surface area contributed by atoms with E-state index in [1.165, 1.54) is 0 Å². The Labute approximate surface area is 141 Å². The van der Waals surface area contributed by atoms with Crippen LogP contribution in [0.25, 0.3) is 0 Å². The van der Waals surface area contributed by atoms with Crippen molar-refractivity contribution in [2.45, 2.75) is 26.1 Å². The third-order valence-electron chi connectivity index (χ3n) is 3.70. The van der Waals surface area contributed by atoms with E-state index < -0.39 is 0 Å². The molecule has 0 saturated carbocycles. The van der Waals surface area contributed by atoms with E-state index in [1.807, 2.05) is 38.1 Å². The molecule has 3 rings (SSSR count). The molecular weight excluding hydrogens is 306 g/mol. The average Bonchev–Trinajstić information content (AvgIpc) is 2.57. The maximum atomic E-state index is 12.4. The zero-order valence-electron chi connectivity index (χ0n) is 13.8. The minimum Gasteiger partial charge on any atom is -0.457 e. The Kier molecular flexibility index (Phi) is 4.96. The molecule has 1 aliphatic heterocycles. The summed E-state index contributed by atoms with van der Waals surface area (Å²) < 4.78 is 11.3. The number of pyridine rings is 1. The fraction of sp³-hybridized carbons (Fsp3) is 0.333. The quantitative estimate of drug-likeness (QED) is 0.937. The zero-order chi connectivity index (χ0) is 16.9. The van der Waals surface area contributed by atoms with Crippen LogP contribution in [0.15, 0.2) is 48.8 Å². The highest BCUT2D eigenvalue weighted by Crippen LogP contribution is 2.22. The van der Waals surface area contributed by atoms with Crippen LogP contribution in [0.2, 0.25) is 0 Å². The van der Waals surface area contributed by atoms with E-state index >= 15 is 0 Å². The van der Waals surface area contributed by atoms with E-state index in [1.54, 1.807) is 29.4 Å². The molecule has 1 fully saturated rings. The Morgan fingerprint density at radius 1 is 1.08 bits per heavy atom. The number of carbonyl (C=O) groups is 1. The topological polar surface area (TPSA) is 63.7 Å². The first kappa shape index (κ1) is 16.3. The molecule has 1 saturated heterocycles. The number of anilines is 1. The van der Waals surface area contributed by atoms with Gasteiger partial charge in [-0.2, -0.15) is 0 Å². The summed E-state index contributed by atoms with van der Waals surface area (Å²) in [6, 6.07) is 10.7. The van der Waals surface area contributed by atoms with E-state index in [-0.39, 0.29) is 18.2 Å². The van der Waals surface area contributed by atoms with Crippen LogP contribution in [0.5, 0.6) is 11.5 Å². The second kappa shape index (κ2) is 7.31. The van der Waals surface area contributed by atoms with Gasteiger partial charge < -0.3 is 19.7 Å². The number of rotatable bonds is 3. The molecule has 2 amide bonds. The largest absolute Gasteiger partial charge is 0.457 e. The zero-order valence-corrected chi connectivity index (χ0v) is 13.8. The van der Waals surface area contributed by atoms with Crippen molar-refractivity contribution in [1.82, 2.24) is 9.88 Å². The lowest BCUT2D eigenvalue weighted by molar-refractivity contribution is -0.0530. The maximum Gasteiger partial charge on any atom is 0.322 e. The number of ether oxygens (including phenoxy) is 2. The summed E-state index contributed by atoms with van der Waals surface area (Å²) in [4.78, 5) is 18.1. The smallest absolute Gasteiger partial charge is 0.322 e. The minimum atomic E-state index is -0.111. The SMILES string of the molecule is CC1CN(C(=O)Nc2ccc(Oc3ccncc3)cc2)CC(C)O1. The van der Waals surface area contributed by atoms with Gasteiger partial charge in [0.15, 0.2) is 0 Å². The van der Waals surface area contributed by atoms with Crippen molar-refractivity contribution in [1.29, 1.82) is 0 Å². The number of nitrogens with zero attached hydrogens (tertiary/aromatic N) is 2. The van der Waals surface area contributed by atoms with Gasteiger partial charge in [-0.1, -0.05) is 0 Å². The molecule has 24 heavy (non-hydrogen) atoms. The van der Waals surface area contributed by atoms with Crippen molar-refractivity contribution in [3.8, 4) is 11.5 Å². The Bertz CT molecular complexity index is 666. The monoisotopic (exact) mass is 327 g/mol. The number of hydrogen-bond acceptors (Lipinski definition) is 4. The molecule has 2 unspecified atom stereocenters. The Balaban J connectivity index is 1.58. The van der Waals surface area contributed by atoms with Crippen LogP contribution in [-0.4, -0.2) is 41.2 Å². The van der Waals surface area contributed by atoms with Crippen LogP contribution in [-0.2, 0) is 4.74 Å². The lowest BCUT2D eigenvalue weighted by Gasteiger charge is -2.35. The molecule has 6 nitrogen and oxygen atoms in total. The van der Waals surface area contributed by atoms with Crippen molar-refractivity contribution >= 4 is 11.7 Å². The molecule has 1 N–H and O–H groups in total. The van der Waals surface area contributed by atoms with E-state index in [4.69, 9.17) is 9.47 Å². The van der Waals surface area contributed by atoms with Crippen LogP contribution in [0.4, 0.5) is 10.5 Å². The molecule has 0 bridgehead atoms. The van der Waals surface area contributed by atoms with E-state index in [2.05, 4.69) is 10.3 Å². The van der Waals surface area contributed by atoms with Gasteiger partial charge in [-0.15, -0.1) is 0 Å². The molecule has 1 aromatic carbocycles. The molecule has 0 aliphatic carbocycles. The van der Waals surface area contributed by atoms with Gasteiger partial charge in [-0.3, -0.25) is 4.98 Å². The molecule has 126 valence electrons. The summed E-state index contributed by atoms with van der Waals surface area (Å²) in [5.41, 5.74) is 0.730. The van der Waals surface area contributed by atoms with Crippen LogP contribution in [0.1, 0.15) is 13.8 Å². The van der Waals surface area contributed by atoms with Gasteiger partial charge in [-0.25, -0.2) is 4.79 Å². The molecule has 6 heteroatoms. The lowest BCUT2D eigenvalue weighted by Crippen LogP contribution is -2.49. The van der Waals surface area contributed by atoms with Gasteiger partial charge in [0, 0.05) is 31.2 Å². The van der Waals surface area contributed by atoms with E-state index in [0.29, 0.717) is 18.8 Å². The Hall–Kier alpha value is -2.60. The van der Waals surface area contributed by atoms with Crippen molar-refractivity contribution in [2.75, 3.05) is 18.4 Å². The second-order valence-corrected chi connectivity index (χ2v) is 5.90. The molecule has 1 aliphatic rings. The molecule has 0 radical (unpaired) electrons. The summed E-state index contributed by atoms with van der Waals surface area (Å²) in [5.74, 6) is 1.42. The molecule has 0 spiro atoms. The van der Waals surface area contributed by atoms with Gasteiger partial charge in [-0.05, 0) is 50.2 Å². The van der Waals surface area contributed by atoms with Gasteiger partial charge in [0.1, 0.15) is 11.5 Å². The summed E-state index contributed by atoms with van der Waals surface area (Å²) in [6.07, 6.45) is 3.45. The number of hydrogen-bond donors (Lipinski definition) is 1. The van der Waals surface area contributed by atoms with Crippen LogP contribution >= 0.6 is 0 Å². The number of morpholine rings is 1. The molecule has 2 heterocycles. The van der Waals surface area contributed by atoms with Crippen molar-refractivity contribution in [3.63, 3.8) is 0 Å². The van der Waals surface area contributed by atoms with Gasteiger partial charge in [0.25, 0.3) is 0 Å². The number of amides is 2. The second-order valence-electron chi connectivity index (χ2n) is 5.90. The van der Waals surface area contributed by atoms with Gasteiger partial charge in [0.2, 0.25) is 0 Å². The van der Waals surface area contributed by atoms with Crippen molar-refractivity contribution < 1.29 is 14.3 Å². The normalized spacial score (nSPS) is 20.5. The summed E-state index contributed by atoms with van der Waals surface area (Å²) in [5, 5.41) is 2.91. The van der Waals surface area contributed by atoms with Gasteiger partial charge >= 0.3 is 6.03 Å². The van der Waals surface area contributed by atoms with Crippen LogP contribution < -0.4 is 10.1 Å². The molecule has 2 aromatic rings. The first-order valence-electron chi connectivity index (χ1n) is 7.99. The highest BCUT2D eigenvalue weighted by molar-refractivity contribution is 5.89. The first-order chi connectivity index (χ1) is 11.6. The third kappa shape index (κ3) is 4.23. The number of benzene rings is 1. The third-order valence-corrected chi connectivity index (χ3v) is 3.70. The maximum absolute atomic E-state index is 12.4. The Morgan fingerprint density at radius 3 is 2.29 bits per heavy atom. The number of carbonyl (C=O) groups excluding carboxylic acids is 1. The predicted octanol–water partition coefficient (Wildman–Crippen LogP) is 3.52. The summed E-state index contributed by atoms with van der Waals surface area (Å²) >= 11 is 0. The first-order valence-corrected chi connectivity index (χ1v) is 7.99. The molecule has 1 aromatic heterocycles. The highest BCUT2D eigenvalue weighted by Gasteiger charge is 2.25. The molecular formula is C18H21N3O3. The fourth-order valence-corrected chi connectivity index (χ4v) is 2.69. The van der Waals surface area contributed by atoms with Crippen molar-refractivity contribution in [3.05, 3.63) is 48.8 Å². The average molecular weight is 327 g/mol. The fourth-order valence-electron chi connectivity index (χ4n) is 2.69. The van der Waals surface area contributed by atoms with Crippen LogP contribution in [0, 0.1) is 0 Å². The predicted molar refractivity (Wildman–Crippen MR) is 91.4 cm³/mol. The number of urea groups is 1. The Morgan fingerprint density at radius 2 is 1.67 bits per heavy atom. The van der Waals surface area contributed by atoms with E-state index in [0.717, 1.165) is 11.4 Å². The summed E-state index contributed by atoms with van der Waals surface area (Å²) in [7, 11) is 0. The number of nitrogens with one attached hydrogen (secondary N) is 1. The van der Waals surface area contributed by atoms with Gasteiger partial charge in [0.05, 0.1) is 12.2 Å². The van der Waals surface area contributed by atoms with Crippen molar-refractivity contribution in [2.24, 2.45) is 0 Å². The standard InChI is InChI=1S/C18H21N3O3/c1-13-11-21(12-14(2)23-13)18(22)20-15-3-5-16(6-4-15)24-17-7-9-19-10-8-17/h3-10,13-14H,11-12H2,1-2H3,(H,20,22). The van der Waals surface area contributed by atoms with E-state index in [9.17, 15) is 4.79 Å². The lowest BCUT2D eigenvalue weighted by atomic mass is 10.2. The summed E-state index contributed by atoms with van der Waals surface area (Å²) in [6.45, 7) is 5.14. The highest BCUT2D eigenvalue weighted by atomic mass is 16.5. The molecule has 2 atom stereocenters. The van der Waals surface area contributed by atoms with Crippen LogP contribution in [0.3, 0.4) is 0 Å².